The summed E-state index contributed by atoms with van der Waals surface area (Å²) in [6, 6.07) is 12.4. The minimum Gasteiger partial charge on any atom is -0.465 e. The van der Waals surface area contributed by atoms with Crippen LogP contribution in [0.3, 0.4) is 0 Å². The summed E-state index contributed by atoms with van der Waals surface area (Å²) in [7, 11) is 1.30. The highest BCUT2D eigenvalue weighted by Gasteiger charge is 2.34. The Morgan fingerprint density at radius 3 is 2.52 bits per heavy atom. The van der Waals surface area contributed by atoms with Crippen LogP contribution in [0.2, 0.25) is 5.02 Å². The first-order valence-electron chi connectivity index (χ1n) is 7.30. The Morgan fingerprint density at radius 2 is 1.88 bits per heavy atom. The van der Waals surface area contributed by atoms with Crippen molar-refractivity contribution in [1.82, 2.24) is 5.32 Å². The number of ether oxygens (including phenoxy) is 1. The van der Waals surface area contributed by atoms with Gasteiger partial charge in [0, 0.05) is 5.02 Å². The van der Waals surface area contributed by atoms with E-state index in [2.05, 4.69) is 10.1 Å². The van der Waals surface area contributed by atoms with E-state index >= 15 is 0 Å². The number of anilines is 1. The Morgan fingerprint density at radius 1 is 1.16 bits per heavy atom. The highest BCUT2D eigenvalue weighted by atomic mass is 35.5. The summed E-state index contributed by atoms with van der Waals surface area (Å²) < 4.78 is 4.63. The van der Waals surface area contributed by atoms with Gasteiger partial charge in [0.05, 0.1) is 18.4 Å². The molecular formula is C18H13ClN2O4. The van der Waals surface area contributed by atoms with Crippen molar-refractivity contribution in [2.75, 3.05) is 12.0 Å². The zero-order valence-corrected chi connectivity index (χ0v) is 13.9. The molecular weight excluding hydrogens is 344 g/mol. The first-order valence-corrected chi connectivity index (χ1v) is 7.68. The van der Waals surface area contributed by atoms with Crippen molar-refractivity contribution in [2.45, 2.75) is 0 Å². The third kappa shape index (κ3) is 3.39. The number of hydrogen-bond donors (Lipinski definition) is 1. The molecule has 0 bridgehead atoms. The van der Waals surface area contributed by atoms with Gasteiger partial charge in [-0.2, -0.15) is 0 Å². The molecule has 3 rings (SSSR count). The van der Waals surface area contributed by atoms with E-state index in [1.165, 1.54) is 19.3 Å². The highest BCUT2D eigenvalue weighted by molar-refractivity contribution is 6.32. The number of carbonyl (C=O) groups excluding carboxylic acids is 3. The number of rotatable bonds is 3. The quantitative estimate of drug-likeness (QED) is 0.520. The van der Waals surface area contributed by atoms with Crippen LogP contribution in [-0.4, -0.2) is 25.0 Å². The van der Waals surface area contributed by atoms with E-state index in [1.54, 1.807) is 42.5 Å². The minimum absolute atomic E-state index is 0.135. The fourth-order valence-corrected chi connectivity index (χ4v) is 2.57. The SMILES string of the molecule is COC(=O)c1ccc(C=C2NC(=O)N(c3cccc(Cl)c3)C2=O)cc1. The lowest BCUT2D eigenvalue weighted by atomic mass is 10.1. The van der Waals surface area contributed by atoms with Crippen molar-refractivity contribution in [3.63, 3.8) is 0 Å². The molecule has 1 saturated heterocycles. The van der Waals surface area contributed by atoms with Gasteiger partial charge in [-0.15, -0.1) is 0 Å². The van der Waals surface area contributed by atoms with Gasteiger partial charge in [-0.3, -0.25) is 4.79 Å². The van der Waals surface area contributed by atoms with Gasteiger partial charge in [0.25, 0.3) is 5.91 Å². The zero-order chi connectivity index (χ0) is 18.0. The van der Waals surface area contributed by atoms with Crippen LogP contribution >= 0.6 is 11.6 Å². The number of imide groups is 1. The standard InChI is InChI=1S/C18H13ClN2O4/c1-25-17(23)12-7-5-11(6-8-12)9-15-16(22)21(18(24)20-15)14-4-2-3-13(19)10-14/h2-10H,1H3,(H,20,24). The lowest BCUT2D eigenvalue weighted by Gasteiger charge is -2.11. The van der Waals surface area contributed by atoms with E-state index < -0.39 is 17.9 Å². The Bertz CT molecular complexity index is 890. The first kappa shape index (κ1) is 16.7. The second kappa shape index (κ2) is 6.78. The van der Waals surface area contributed by atoms with Gasteiger partial charge in [0.2, 0.25) is 0 Å². The average molecular weight is 357 g/mol. The van der Waals surface area contributed by atoms with E-state index in [1.807, 2.05) is 0 Å². The first-order chi connectivity index (χ1) is 12.0. The van der Waals surface area contributed by atoms with Crippen LogP contribution < -0.4 is 10.2 Å². The largest absolute Gasteiger partial charge is 0.465 e. The predicted octanol–water partition coefficient (Wildman–Crippen LogP) is 3.22. The van der Waals surface area contributed by atoms with Crippen molar-refractivity contribution in [2.24, 2.45) is 0 Å². The van der Waals surface area contributed by atoms with Crippen molar-refractivity contribution in [1.29, 1.82) is 0 Å². The van der Waals surface area contributed by atoms with E-state index in [0.717, 1.165) is 4.90 Å². The molecule has 0 spiro atoms. The van der Waals surface area contributed by atoms with Crippen molar-refractivity contribution >= 4 is 41.3 Å². The summed E-state index contributed by atoms with van der Waals surface area (Å²) in [5.41, 5.74) is 1.58. The van der Waals surface area contributed by atoms with E-state index in [0.29, 0.717) is 21.8 Å². The molecule has 1 aliphatic heterocycles. The molecule has 0 unspecified atom stereocenters. The van der Waals surface area contributed by atoms with E-state index in [9.17, 15) is 14.4 Å². The summed E-state index contributed by atoms with van der Waals surface area (Å²) >= 11 is 5.92. The van der Waals surface area contributed by atoms with E-state index in [4.69, 9.17) is 11.6 Å². The molecule has 0 aliphatic carbocycles. The Labute approximate surface area is 148 Å². The molecule has 0 radical (unpaired) electrons. The van der Waals surface area contributed by atoms with Gasteiger partial charge in [-0.1, -0.05) is 29.8 Å². The minimum atomic E-state index is -0.551. The maximum absolute atomic E-state index is 12.5. The number of hydrogen-bond acceptors (Lipinski definition) is 4. The molecule has 126 valence electrons. The summed E-state index contributed by atoms with van der Waals surface area (Å²) in [6.45, 7) is 0. The molecule has 1 N–H and O–H groups in total. The molecule has 1 aliphatic rings. The second-order valence-corrected chi connectivity index (χ2v) is 5.66. The zero-order valence-electron chi connectivity index (χ0n) is 13.2. The number of nitrogens with one attached hydrogen (secondary N) is 1. The molecule has 0 aromatic heterocycles. The topological polar surface area (TPSA) is 75.7 Å². The maximum Gasteiger partial charge on any atom is 0.337 e. The fourth-order valence-electron chi connectivity index (χ4n) is 2.38. The molecule has 2 aromatic rings. The molecule has 7 heteroatoms. The van der Waals surface area contributed by atoms with Crippen LogP contribution in [0, 0.1) is 0 Å². The summed E-state index contributed by atoms with van der Waals surface area (Å²) in [5.74, 6) is -0.930. The summed E-state index contributed by atoms with van der Waals surface area (Å²) in [4.78, 5) is 37.1. The van der Waals surface area contributed by atoms with Crippen LogP contribution in [0.5, 0.6) is 0 Å². The van der Waals surface area contributed by atoms with Gasteiger partial charge in [-0.25, -0.2) is 14.5 Å². The molecule has 2 aromatic carbocycles. The van der Waals surface area contributed by atoms with Crippen molar-refractivity contribution < 1.29 is 19.1 Å². The number of carbonyl (C=O) groups is 3. The van der Waals surface area contributed by atoms with Crippen molar-refractivity contribution in [3.8, 4) is 0 Å². The fraction of sp³-hybridized carbons (Fsp3) is 0.0556. The lowest BCUT2D eigenvalue weighted by molar-refractivity contribution is -0.113. The van der Waals surface area contributed by atoms with Gasteiger partial charge < -0.3 is 10.1 Å². The lowest BCUT2D eigenvalue weighted by Crippen LogP contribution is -2.30. The maximum atomic E-state index is 12.5. The number of halogens is 1. The van der Waals surface area contributed by atoms with Crippen LogP contribution in [0.15, 0.2) is 54.2 Å². The molecule has 0 atom stereocenters. The number of benzene rings is 2. The third-order valence-corrected chi connectivity index (χ3v) is 3.82. The Balaban J connectivity index is 1.86. The average Bonchev–Trinajstić information content (AvgIpc) is 2.88. The molecule has 1 heterocycles. The molecule has 25 heavy (non-hydrogen) atoms. The number of nitrogens with zero attached hydrogens (tertiary/aromatic N) is 1. The number of esters is 1. The number of urea groups is 1. The van der Waals surface area contributed by atoms with Gasteiger partial charge in [0.15, 0.2) is 0 Å². The summed E-state index contributed by atoms with van der Waals surface area (Å²) in [5, 5.41) is 2.96. The number of amides is 3. The van der Waals surface area contributed by atoms with Gasteiger partial charge in [-0.05, 0) is 42.0 Å². The Hall–Kier alpha value is -3.12. The Kier molecular flexibility index (Phi) is 4.54. The predicted molar refractivity (Wildman–Crippen MR) is 93.2 cm³/mol. The van der Waals surface area contributed by atoms with Crippen molar-refractivity contribution in [3.05, 3.63) is 70.4 Å². The third-order valence-electron chi connectivity index (χ3n) is 3.59. The molecule has 3 amide bonds. The van der Waals surface area contributed by atoms with Crippen LogP contribution in [-0.2, 0) is 9.53 Å². The van der Waals surface area contributed by atoms with Gasteiger partial charge in [0.1, 0.15) is 5.70 Å². The van der Waals surface area contributed by atoms with Crippen LogP contribution in [0.1, 0.15) is 15.9 Å². The smallest absolute Gasteiger partial charge is 0.337 e. The molecule has 1 fully saturated rings. The van der Waals surface area contributed by atoms with E-state index in [-0.39, 0.29) is 5.70 Å². The molecule has 0 saturated carbocycles. The number of methoxy groups -OCH3 is 1. The monoisotopic (exact) mass is 356 g/mol. The second-order valence-electron chi connectivity index (χ2n) is 5.22. The van der Waals surface area contributed by atoms with Gasteiger partial charge >= 0.3 is 12.0 Å². The van der Waals surface area contributed by atoms with Crippen LogP contribution in [0.4, 0.5) is 10.5 Å². The summed E-state index contributed by atoms with van der Waals surface area (Å²) in [6.07, 6.45) is 1.53. The van der Waals surface area contributed by atoms with Crippen LogP contribution in [0.25, 0.3) is 6.08 Å². The normalized spacial score (nSPS) is 15.4. The highest BCUT2D eigenvalue weighted by Crippen LogP contribution is 2.25. The molecule has 6 nitrogen and oxygen atoms in total.